The molecule has 0 rings (SSSR count). The van der Waals surface area contributed by atoms with Crippen molar-refractivity contribution in [3.8, 4) is 0 Å². The maximum atomic E-state index is 5.02. The topological polar surface area (TPSA) is 9.23 Å². The summed E-state index contributed by atoms with van der Waals surface area (Å²) in [5.41, 5.74) is 0. The summed E-state index contributed by atoms with van der Waals surface area (Å²) in [4.78, 5) is 0. The Balaban J connectivity index is 2.82. The van der Waals surface area contributed by atoms with E-state index in [1.54, 1.807) is 6.08 Å². The molecule has 0 saturated carbocycles. The summed E-state index contributed by atoms with van der Waals surface area (Å²) in [6.45, 7) is 6.82. The quantitative estimate of drug-likeness (QED) is 0.398. The van der Waals surface area contributed by atoms with Gasteiger partial charge in [-0.1, -0.05) is 18.2 Å². The van der Waals surface area contributed by atoms with Gasteiger partial charge in [0.25, 0.3) is 0 Å². The Bertz CT molecular complexity index is 74.5. The lowest BCUT2D eigenvalue weighted by atomic mass is 10.5. The van der Waals surface area contributed by atoms with E-state index < -0.39 is 0 Å². The maximum Gasteiger partial charge on any atom is 0.0651 e. The molecule has 0 saturated heterocycles. The molecule has 0 spiro atoms. The van der Waals surface area contributed by atoms with Crippen LogP contribution in [0, 0.1) is 0 Å². The van der Waals surface area contributed by atoms with Gasteiger partial charge in [0.15, 0.2) is 0 Å². The molecule has 0 unspecified atom stereocenters. The number of ether oxygens (including phenoxy) is 1. The van der Waals surface area contributed by atoms with Gasteiger partial charge in [0.05, 0.1) is 13.2 Å². The molecule has 0 aliphatic heterocycles. The molecule has 0 bridgehead atoms. The first kappa shape index (κ1) is 7.44. The monoisotopic (exact) mass is 112 g/mol. The Kier molecular flexibility index (Phi) is 5.99. The van der Waals surface area contributed by atoms with Crippen LogP contribution < -0.4 is 0 Å². The smallest absolute Gasteiger partial charge is 0.0651 e. The first-order valence-electron chi connectivity index (χ1n) is 2.71. The van der Waals surface area contributed by atoms with Gasteiger partial charge < -0.3 is 4.74 Å². The Hall–Kier alpha value is -0.560. The average molecular weight is 112 g/mol. The lowest BCUT2D eigenvalue weighted by molar-refractivity contribution is 0.194. The number of rotatable bonds is 4. The van der Waals surface area contributed by atoms with Crippen LogP contribution in [-0.4, -0.2) is 13.2 Å². The molecule has 0 heterocycles. The van der Waals surface area contributed by atoms with Crippen LogP contribution in [0.25, 0.3) is 0 Å². The van der Waals surface area contributed by atoms with E-state index in [1.807, 2.05) is 19.1 Å². The molecule has 0 aromatic rings. The first-order valence-corrected chi connectivity index (χ1v) is 2.71. The second-order valence-corrected chi connectivity index (χ2v) is 1.40. The van der Waals surface area contributed by atoms with E-state index in [1.165, 1.54) is 0 Å². The molecule has 0 N–H and O–H groups in total. The standard InChI is InChI=1S/C7H12O/c1-3-5-7-8-6-4-2/h3-5H,2,6-7H2,1H3. The number of hydrogen-bond acceptors (Lipinski definition) is 1. The van der Waals surface area contributed by atoms with Crippen molar-refractivity contribution in [2.24, 2.45) is 0 Å². The van der Waals surface area contributed by atoms with Crippen molar-refractivity contribution >= 4 is 0 Å². The second-order valence-electron chi connectivity index (χ2n) is 1.40. The molecular formula is C7H12O. The van der Waals surface area contributed by atoms with E-state index in [-0.39, 0.29) is 0 Å². The van der Waals surface area contributed by atoms with E-state index in [9.17, 15) is 0 Å². The van der Waals surface area contributed by atoms with Crippen LogP contribution >= 0.6 is 0 Å². The van der Waals surface area contributed by atoms with E-state index >= 15 is 0 Å². The molecule has 8 heavy (non-hydrogen) atoms. The van der Waals surface area contributed by atoms with Gasteiger partial charge in [-0.2, -0.15) is 0 Å². The van der Waals surface area contributed by atoms with E-state index in [2.05, 4.69) is 6.58 Å². The first-order chi connectivity index (χ1) is 3.91. The van der Waals surface area contributed by atoms with Crippen molar-refractivity contribution in [2.45, 2.75) is 6.92 Å². The fourth-order valence-electron chi connectivity index (χ4n) is 0.316. The fourth-order valence-corrected chi connectivity index (χ4v) is 0.316. The third kappa shape index (κ3) is 5.44. The van der Waals surface area contributed by atoms with Gasteiger partial charge >= 0.3 is 0 Å². The van der Waals surface area contributed by atoms with E-state index in [0.29, 0.717) is 13.2 Å². The van der Waals surface area contributed by atoms with Crippen LogP contribution in [-0.2, 0) is 4.74 Å². The van der Waals surface area contributed by atoms with Gasteiger partial charge in [0.1, 0.15) is 0 Å². The zero-order chi connectivity index (χ0) is 6.24. The van der Waals surface area contributed by atoms with Crippen LogP contribution in [0.2, 0.25) is 0 Å². The highest BCUT2D eigenvalue weighted by Crippen LogP contribution is 1.76. The van der Waals surface area contributed by atoms with Crippen molar-refractivity contribution < 1.29 is 4.74 Å². The summed E-state index contributed by atoms with van der Waals surface area (Å²) in [6.07, 6.45) is 5.66. The predicted octanol–water partition coefficient (Wildman–Crippen LogP) is 1.77. The Morgan fingerprint density at radius 2 is 2.25 bits per heavy atom. The van der Waals surface area contributed by atoms with Crippen molar-refractivity contribution in [1.29, 1.82) is 0 Å². The molecule has 0 fully saturated rings. The second kappa shape index (κ2) is 6.44. The van der Waals surface area contributed by atoms with Crippen molar-refractivity contribution in [3.63, 3.8) is 0 Å². The van der Waals surface area contributed by atoms with Crippen LogP contribution in [0.5, 0.6) is 0 Å². The molecular weight excluding hydrogens is 100 g/mol. The third-order valence-electron chi connectivity index (χ3n) is 0.685. The Morgan fingerprint density at radius 1 is 1.50 bits per heavy atom. The van der Waals surface area contributed by atoms with Crippen LogP contribution in [0.4, 0.5) is 0 Å². The summed E-state index contributed by atoms with van der Waals surface area (Å²) in [7, 11) is 0. The molecule has 1 nitrogen and oxygen atoms in total. The van der Waals surface area contributed by atoms with Gasteiger partial charge in [0.2, 0.25) is 0 Å². The van der Waals surface area contributed by atoms with Crippen molar-refractivity contribution in [3.05, 3.63) is 24.8 Å². The molecule has 0 atom stereocenters. The summed E-state index contributed by atoms with van der Waals surface area (Å²) in [5, 5.41) is 0. The zero-order valence-corrected chi connectivity index (χ0v) is 5.26. The highest BCUT2D eigenvalue weighted by molar-refractivity contribution is 4.76. The minimum atomic E-state index is 0.643. The predicted molar refractivity (Wildman–Crippen MR) is 35.8 cm³/mol. The maximum absolute atomic E-state index is 5.02. The average Bonchev–Trinajstić information content (AvgIpc) is 1.81. The normalized spacial score (nSPS) is 10.1. The summed E-state index contributed by atoms with van der Waals surface area (Å²) < 4.78 is 5.02. The SMILES string of the molecule is C=CCOCC=CC. The van der Waals surface area contributed by atoms with Crippen molar-refractivity contribution in [1.82, 2.24) is 0 Å². The van der Waals surface area contributed by atoms with Gasteiger partial charge in [-0.15, -0.1) is 6.58 Å². The molecule has 0 aliphatic carbocycles. The largest absolute Gasteiger partial charge is 0.373 e. The van der Waals surface area contributed by atoms with Gasteiger partial charge in [-0.25, -0.2) is 0 Å². The third-order valence-corrected chi connectivity index (χ3v) is 0.685. The highest BCUT2D eigenvalue weighted by Gasteiger charge is 1.72. The number of hydrogen-bond donors (Lipinski definition) is 0. The molecule has 46 valence electrons. The highest BCUT2D eigenvalue weighted by atomic mass is 16.5. The minimum absolute atomic E-state index is 0.643. The van der Waals surface area contributed by atoms with Crippen LogP contribution in [0.1, 0.15) is 6.92 Å². The van der Waals surface area contributed by atoms with Gasteiger partial charge in [-0.3, -0.25) is 0 Å². The lowest BCUT2D eigenvalue weighted by Gasteiger charge is -1.90. The fraction of sp³-hybridized carbons (Fsp3) is 0.429. The van der Waals surface area contributed by atoms with Gasteiger partial charge in [-0.05, 0) is 6.92 Å². The Labute approximate surface area is 50.7 Å². The minimum Gasteiger partial charge on any atom is -0.373 e. The van der Waals surface area contributed by atoms with E-state index in [0.717, 1.165) is 0 Å². The Morgan fingerprint density at radius 3 is 2.75 bits per heavy atom. The summed E-state index contributed by atoms with van der Waals surface area (Å²) in [6, 6.07) is 0. The lowest BCUT2D eigenvalue weighted by Crippen LogP contribution is -1.88. The van der Waals surface area contributed by atoms with Gasteiger partial charge in [0, 0.05) is 0 Å². The molecule has 0 aromatic heterocycles. The van der Waals surface area contributed by atoms with E-state index in [4.69, 9.17) is 4.74 Å². The molecule has 0 aromatic carbocycles. The molecule has 1 heteroatoms. The number of allylic oxidation sites excluding steroid dienone is 1. The molecule has 0 radical (unpaired) electrons. The summed E-state index contributed by atoms with van der Waals surface area (Å²) >= 11 is 0. The summed E-state index contributed by atoms with van der Waals surface area (Å²) in [5.74, 6) is 0. The van der Waals surface area contributed by atoms with Crippen LogP contribution in [0.3, 0.4) is 0 Å². The van der Waals surface area contributed by atoms with Crippen LogP contribution in [0.15, 0.2) is 24.8 Å². The molecule has 0 aliphatic rings. The van der Waals surface area contributed by atoms with Crippen molar-refractivity contribution in [2.75, 3.05) is 13.2 Å². The molecule has 0 amide bonds. The zero-order valence-electron chi connectivity index (χ0n) is 5.26.